The number of aliphatic hydroxyl groups excluding tert-OH is 2. The van der Waals surface area contributed by atoms with Gasteiger partial charge in [-0.05, 0) is 64.2 Å². The molecule has 6 heteroatoms. The number of carbonyl (C=O) groups excluding carboxylic acids is 2. The van der Waals surface area contributed by atoms with Gasteiger partial charge in [0.25, 0.3) is 0 Å². The highest BCUT2D eigenvalue weighted by Crippen LogP contribution is 2.19. The number of rotatable bonds is 67. The molecule has 3 N–H and O–H groups in total. The van der Waals surface area contributed by atoms with Crippen LogP contribution in [0.1, 0.15) is 393 Å². The van der Waals surface area contributed by atoms with Crippen LogP contribution < -0.4 is 5.32 Å². The lowest BCUT2D eigenvalue weighted by atomic mass is 10.0. The third-order valence-corrected chi connectivity index (χ3v) is 16.7. The van der Waals surface area contributed by atoms with E-state index in [1.165, 1.54) is 315 Å². The summed E-state index contributed by atoms with van der Waals surface area (Å²) in [6.07, 6.45) is 88.0. The first kappa shape index (κ1) is 77.1. The lowest BCUT2D eigenvalue weighted by Crippen LogP contribution is -2.45. The van der Waals surface area contributed by atoms with Crippen molar-refractivity contribution >= 4 is 11.9 Å². The van der Waals surface area contributed by atoms with E-state index in [0.29, 0.717) is 19.4 Å². The Bertz CT molecular complexity index is 1280. The Morgan fingerprint density at radius 3 is 0.987 bits per heavy atom. The summed E-state index contributed by atoms with van der Waals surface area (Å²) >= 11 is 0. The number of nitrogens with one attached hydrogen (secondary N) is 1. The summed E-state index contributed by atoms with van der Waals surface area (Å²) in [6, 6.07) is -0.625. The van der Waals surface area contributed by atoms with Crippen molar-refractivity contribution < 1.29 is 24.5 Å². The van der Waals surface area contributed by atoms with Crippen LogP contribution in [0.5, 0.6) is 0 Å². The molecule has 0 aromatic carbocycles. The maximum absolute atomic E-state index is 12.5. The van der Waals surface area contributed by atoms with Gasteiger partial charge in [-0.2, -0.15) is 0 Å². The lowest BCUT2D eigenvalue weighted by Gasteiger charge is -2.20. The second kappa shape index (κ2) is 68.6. The van der Waals surface area contributed by atoms with Crippen LogP contribution in [0, 0.1) is 0 Å². The van der Waals surface area contributed by atoms with Gasteiger partial charge in [0.05, 0.1) is 25.4 Å². The summed E-state index contributed by atoms with van der Waals surface area (Å²) in [4.78, 5) is 24.6. The molecule has 0 radical (unpaired) electrons. The fourth-order valence-corrected chi connectivity index (χ4v) is 11.2. The molecule has 2 unspecified atom stereocenters. The number of amides is 1. The molecule has 0 rings (SSSR count). The smallest absolute Gasteiger partial charge is 0.305 e. The van der Waals surface area contributed by atoms with E-state index in [9.17, 15) is 19.8 Å². The molecule has 466 valence electrons. The van der Waals surface area contributed by atoms with Crippen molar-refractivity contribution in [2.75, 3.05) is 13.2 Å². The average molecular weight is 1110 g/mol. The zero-order valence-corrected chi connectivity index (χ0v) is 53.4. The highest BCUT2D eigenvalue weighted by atomic mass is 16.5. The van der Waals surface area contributed by atoms with Gasteiger partial charge in [-0.15, -0.1) is 0 Å². The van der Waals surface area contributed by atoms with Crippen molar-refractivity contribution in [1.82, 2.24) is 5.32 Å². The molecule has 0 bridgehead atoms. The van der Waals surface area contributed by atoms with Crippen LogP contribution in [0.2, 0.25) is 0 Å². The average Bonchev–Trinajstić information content (AvgIpc) is 3.45. The molecular weight excluding hydrogens is 971 g/mol. The SMILES string of the molecule is CCCCC/C=C\C/C=C\CCCCCCCCCCCC(=O)OCCCCCCCCCCCCCCCCCCCCCCCCCCCCCCCC(=O)NC(CO)C(O)/C=C/CCCCCCCCCCCCCC. The van der Waals surface area contributed by atoms with E-state index >= 15 is 0 Å². The van der Waals surface area contributed by atoms with Crippen molar-refractivity contribution in [2.45, 2.75) is 405 Å². The number of ether oxygens (including phenoxy) is 1. The van der Waals surface area contributed by atoms with Crippen LogP contribution in [0.3, 0.4) is 0 Å². The molecule has 0 spiro atoms. The molecule has 6 nitrogen and oxygen atoms in total. The van der Waals surface area contributed by atoms with E-state index in [1.807, 2.05) is 6.08 Å². The van der Waals surface area contributed by atoms with Crippen molar-refractivity contribution in [3.8, 4) is 0 Å². The van der Waals surface area contributed by atoms with Crippen LogP contribution in [-0.2, 0) is 14.3 Å². The molecule has 0 aliphatic carbocycles. The van der Waals surface area contributed by atoms with Gasteiger partial charge < -0.3 is 20.3 Å². The lowest BCUT2D eigenvalue weighted by molar-refractivity contribution is -0.143. The molecule has 0 aromatic heterocycles. The number of unbranched alkanes of at least 4 members (excludes halogenated alkanes) is 52. The van der Waals surface area contributed by atoms with Gasteiger partial charge >= 0.3 is 5.97 Å². The highest BCUT2D eigenvalue weighted by Gasteiger charge is 2.18. The molecular formula is C73H139NO5. The molecule has 1 amide bonds. The third-order valence-electron chi connectivity index (χ3n) is 16.7. The van der Waals surface area contributed by atoms with Gasteiger partial charge in [-0.3, -0.25) is 9.59 Å². The maximum Gasteiger partial charge on any atom is 0.305 e. The Balaban J connectivity index is 3.33. The predicted octanol–water partition coefficient (Wildman–Crippen LogP) is 23.1. The normalized spacial score (nSPS) is 12.7. The summed E-state index contributed by atoms with van der Waals surface area (Å²) in [5, 5.41) is 23.1. The van der Waals surface area contributed by atoms with Gasteiger partial charge in [-0.25, -0.2) is 0 Å². The topological polar surface area (TPSA) is 95.9 Å². The van der Waals surface area contributed by atoms with Crippen LogP contribution in [-0.4, -0.2) is 47.4 Å². The Kier molecular flexibility index (Phi) is 66.9. The summed E-state index contributed by atoms with van der Waals surface area (Å²) in [7, 11) is 0. The summed E-state index contributed by atoms with van der Waals surface area (Å²) in [6.45, 7) is 4.91. The van der Waals surface area contributed by atoms with E-state index < -0.39 is 12.1 Å². The number of carbonyl (C=O) groups is 2. The van der Waals surface area contributed by atoms with E-state index in [-0.39, 0.29) is 18.5 Å². The first-order valence-corrected chi connectivity index (χ1v) is 35.8. The molecule has 0 aliphatic heterocycles. The number of aliphatic hydroxyl groups is 2. The van der Waals surface area contributed by atoms with Gasteiger partial charge in [0, 0.05) is 12.8 Å². The Morgan fingerprint density at radius 2 is 0.633 bits per heavy atom. The predicted molar refractivity (Wildman–Crippen MR) is 347 cm³/mol. The molecule has 0 saturated carbocycles. The molecule has 0 saturated heterocycles. The quantitative estimate of drug-likeness (QED) is 0.0320. The first-order valence-electron chi connectivity index (χ1n) is 35.8. The molecule has 0 aromatic rings. The van der Waals surface area contributed by atoms with Crippen molar-refractivity contribution in [3.63, 3.8) is 0 Å². The largest absolute Gasteiger partial charge is 0.466 e. The Morgan fingerprint density at radius 1 is 0.354 bits per heavy atom. The molecule has 79 heavy (non-hydrogen) atoms. The molecule has 0 heterocycles. The standard InChI is InChI=1S/C73H139NO5/c1-3-5-7-9-11-13-15-17-19-20-32-36-39-43-47-51-55-59-63-67-73(78)79-68-64-60-56-52-48-44-40-37-34-31-29-27-25-23-21-22-24-26-28-30-33-35-38-42-46-50-54-58-62-66-72(77)74-70(69-75)71(76)65-61-57-53-49-45-41-18-16-14-12-10-8-6-4-2/h11,13,17,19,61,65,70-71,75-76H,3-10,12,14-16,18,20-60,62-64,66-69H2,1-2H3,(H,74,77)/b13-11-,19-17-,65-61+. The fourth-order valence-electron chi connectivity index (χ4n) is 11.2. The van der Waals surface area contributed by atoms with Gasteiger partial charge in [0.15, 0.2) is 0 Å². The minimum Gasteiger partial charge on any atom is -0.466 e. The number of hydrogen-bond donors (Lipinski definition) is 3. The summed E-state index contributed by atoms with van der Waals surface area (Å²) < 4.78 is 5.51. The van der Waals surface area contributed by atoms with Crippen LogP contribution in [0.25, 0.3) is 0 Å². The zero-order valence-electron chi connectivity index (χ0n) is 53.4. The highest BCUT2D eigenvalue weighted by molar-refractivity contribution is 5.76. The molecule has 0 aliphatic rings. The molecule has 2 atom stereocenters. The second-order valence-corrected chi connectivity index (χ2v) is 24.6. The van der Waals surface area contributed by atoms with Crippen molar-refractivity contribution in [1.29, 1.82) is 0 Å². The van der Waals surface area contributed by atoms with Crippen molar-refractivity contribution in [2.24, 2.45) is 0 Å². The van der Waals surface area contributed by atoms with Crippen molar-refractivity contribution in [3.05, 3.63) is 36.5 Å². The van der Waals surface area contributed by atoms with E-state index in [0.717, 1.165) is 51.4 Å². The zero-order chi connectivity index (χ0) is 57.1. The Hall–Kier alpha value is -1.92. The summed E-state index contributed by atoms with van der Waals surface area (Å²) in [5.74, 6) is -0.0469. The number of allylic oxidation sites excluding steroid dienone is 5. The minimum absolute atomic E-state index is 0.0158. The van der Waals surface area contributed by atoms with Crippen LogP contribution in [0.15, 0.2) is 36.5 Å². The number of esters is 1. The van der Waals surface area contributed by atoms with Gasteiger partial charge in [-0.1, -0.05) is 352 Å². The first-order chi connectivity index (χ1) is 39.0. The Labute approximate surface area is 494 Å². The monoisotopic (exact) mass is 1110 g/mol. The van der Waals surface area contributed by atoms with Crippen LogP contribution >= 0.6 is 0 Å². The van der Waals surface area contributed by atoms with E-state index in [4.69, 9.17) is 4.74 Å². The molecule has 0 fully saturated rings. The second-order valence-electron chi connectivity index (χ2n) is 24.6. The van der Waals surface area contributed by atoms with Gasteiger partial charge in [0.2, 0.25) is 5.91 Å². The number of hydrogen-bond acceptors (Lipinski definition) is 5. The maximum atomic E-state index is 12.5. The van der Waals surface area contributed by atoms with E-state index in [2.05, 4.69) is 43.5 Å². The van der Waals surface area contributed by atoms with Gasteiger partial charge in [0.1, 0.15) is 0 Å². The van der Waals surface area contributed by atoms with Crippen LogP contribution in [0.4, 0.5) is 0 Å². The fraction of sp³-hybridized carbons (Fsp3) is 0.890. The summed E-state index contributed by atoms with van der Waals surface area (Å²) in [5.41, 5.74) is 0. The third kappa shape index (κ3) is 65.1. The minimum atomic E-state index is -0.841. The van der Waals surface area contributed by atoms with E-state index in [1.54, 1.807) is 6.08 Å².